The van der Waals surface area contributed by atoms with Gasteiger partial charge in [-0.15, -0.1) is 0 Å². The summed E-state index contributed by atoms with van der Waals surface area (Å²) in [7, 11) is 0. The van der Waals surface area contributed by atoms with E-state index in [0.717, 1.165) is 0 Å². The van der Waals surface area contributed by atoms with Crippen LogP contribution in [0.3, 0.4) is 0 Å². The summed E-state index contributed by atoms with van der Waals surface area (Å²) in [6, 6.07) is 1.54. The van der Waals surface area contributed by atoms with Crippen LogP contribution in [-0.4, -0.2) is 5.78 Å². The Bertz CT molecular complexity index is 691. The fraction of sp³-hybridized carbons (Fsp3) is 0. The first-order chi connectivity index (χ1) is 9.31. The lowest BCUT2D eigenvalue weighted by molar-refractivity contribution is 0.103. The summed E-state index contributed by atoms with van der Waals surface area (Å²) < 4.78 is 65.6. The van der Waals surface area contributed by atoms with Crippen molar-refractivity contribution in [2.75, 3.05) is 5.73 Å². The van der Waals surface area contributed by atoms with Gasteiger partial charge in [-0.05, 0) is 6.07 Å². The molecule has 7 heteroatoms. The Balaban J connectivity index is 2.61. The van der Waals surface area contributed by atoms with Gasteiger partial charge in [0.15, 0.2) is 11.6 Å². The monoisotopic (exact) mass is 287 g/mol. The van der Waals surface area contributed by atoms with Crippen LogP contribution < -0.4 is 5.73 Å². The van der Waals surface area contributed by atoms with Gasteiger partial charge in [0, 0.05) is 29.4 Å². The average Bonchev–Trinajstić information content (AvgIpc) is 2.32. The number of rotatable bonds is 2. The largest absolute Gasteiger partial charge is 0.398 e. The van der Waals surface area contributed by atoms with Gasteiger partial charge in [-0.1, -0.05) is 0 Å². The first-order valence-corrected chi connectivity index (χ1v) is 5.25. The first kappa shape index (κ1) is 14.0. The molecule has 20 heavy (non-hydrogen) atoms. The number of anilines is 1. The minimum Gasteiger partial charge on any atom is -0.398 e. The molecule has 0 spiro atoms. The molecule has 0 atom stereocenters. The number of carbonyl (C=O) groups is 1. The Hall–Kier alpha value is -2.44. The van der Waals surface area contributed by atoms with E-state index in [0.29, 0.717) is 24.3 Å². The minimum atomic E-state index is -1.46. The number of nitrogens with two attached hydrogens (primary N) is 1. The third-order valence-corrected chi connectivity index (χ3v) is 2.57. The van der Waals surface area contributed by atoms with Gasteiger partial charge in [0.1, 0.15) is 17.5 Å². The molecule has 0 amide bonds. The highest BCUT2D eigenvalue weighted by Gasteiger charge is 2.23. The number of nitrogen functional groups attached to an aromatic ring is 1. The van der Waals surface area contributed by atoms with E-state index in [9.17, 15) is 26.7 Å². The molecule has 0 fully saturated rings. The van der Waals surface area contributed by atoms with Crippen molar-refractivity contribution < 1.29 is 26.7 Å². The maximum atomic E-state index is 13.4. The van der Waals surface area contributed by atoms with Crippen molar-refractivity contribution in [1.29, 1.82) is 0 Å². The molecule has 0 heterocycles. The molecular formula is C13H6F5NO. The van der Waals surface area contributed by atoms with Crippen molar-refractivity contribution in [1.82, 2.24) is 0 Å². The molecule has 2 aromatic rings. The third-order valence-electron chi connectivity index (χ3n) is 2.57. The van der Waals surface area contributed by atoms with E-state index in [1.165, 1.54) is 0 Å². The molecule has 0 saturated carbocycles. The van der Waals surface area contributed by atoms with Gasteiger partial charge in [0.2, 0.25) is 5.78 Å². The Morgan fingerprint density at radius 3 is 1.85 bits per heavy atom. The molecule has 0 radical (unpaired) electrons. The molecule has 2 aromatic carbocycles. The molecule has 2 rings (SSSR count). The Morgan fingerprint density at radius 2 is 1.30 bits per heavy atom. The van der Waals surface area contributed by atoms with Crippen LogP contribution in [0, 0.1) is 29.1 Å². The van der Waals surface area contributed by atoms with Gasteiger partial charge in [-0.25, -0.2) is 22.0 Å². The van der Waals surface area contributed by atoms with Gasteiger partial charge in [0.25, 0.3) is 0 Å². The number of hydrogen-bond acceptors (Lipinski definition) is 2. The number of hydrogen-bond donors (Lipinski definition) is 1. The summed E-state index contributed by atoms with van der Waals surface area (Å²) in [5.74, 6) is -8.15. The Kier molecular flexibility index (Phi) is 3.44. The predicted octanol–water partition coefficient (Wildman–Crippen LogP) is 3.20. The smallest absolute Gasteiger partial charge is 0.201 e. The van der Waals surface area contributed by atoms with Crippen molar-refractivity contribution in [2.45, 2.75) is 0 Å². The van der Waals surface area contributed by atoms with E-state index >= 15 is 0 Å². The summed E-state index contributed by atoms with van der Waals surface area (Å²) in [5.41, 5.74) is 3.11. The average molecular weight is 287 g/mol. The molecule has 2 nitrogen and oxygen atoms in total. The molecule has 0 saturated heterocycles. The van der Waals surface area contributed by atoms with Crippen LogP contribution in [0.25, 0.3) is 0 Å². The molecule has 0 aliphatic heterocycles. The summed E-state index contributed by atoms with van der Waals surface area (Å²) in [4.78, 5) is 11.9. The van der Waals surface area contributed by atoms with Crippen LogP contribution in [0.2, 0.25) is 0 Å². The number of halogens is 5. The molecular weight excluding hydrogens is 281 g/mol. The lowest BCUT2D eigenvalue weighted by atomic mass is 10.0. The van der Waals surface area contributed by atoms with Crippen LogP contribution in [0.15, 0.2) is 24.3 Å². The van der Waals surface area contributed by atoms with E-state index < -0.39 is 51.7 Å². The summed E-state index contributed by atoms with van der Waals surface area (Å²) >= 11 is 0. The topological polar surface area (TPSA) is 43.1 Å². The lowest BCUT2D eigenvalue weighted by Crippen LogP contribution is -2.11. The fourth-order valence-corrected chi connectivity index (χ4v) is 1.65. The molecule has 0 unspecified atom stereocenters. The zero-order valence-electron chi connectivity index (χ0n) is 9.68. The summed E-state index contributed by atoms with van der Waals surface area (Å²) in [6.07, 6.45) is 0. The summed E-state index contributed by atoms with van der Waals surface area (Å²) in [6.45, 7) is 0. The first-order valence-electron chi connectivity index (χ1n) is 5.25. The van der Waals surface area contributed by atoms with Gasteiger partial charge in [-0.3, -0.25) is 4.79 Å². The predicted molar refractivity (Wildman–Crippen MR) is 60.5 cm³/mol. The fourth-order valence-electron chi connectivity index (χ4n) is 1.65. The van der Waals surface area contributed by atoms with Crippen LogP contribution in [0.1, 0.15) is 15.9 Å². The second-order valence-corrected chi connectivity index (χ2v) is 3.93. The van der Waals surface area contributed by atoms with Crippen LogP contribution in [-0.2, 0) is 0 Å². The summed E-state index contributed by atoms with van der Waals surface area (Å²) in [5, 5.41) is 0. The Labute approximate surface area is 109 Å². The molecule has 2 N–H and O–H groups in total. The van der Waals surface area contributed by atoms with E-state index in [-0.39, 0.29) is 0 Å². The minimum absolute atomic E-state index is 0.298. The van der Waals surface area contributed by atoms with E-state index in [1.807, 2.05) is 0 Å². The van der Waals surface area contributed by atoms with E-state index in [2.05, 4.69) is 0 Å². The molecule has 104 valence electrons. The second-order valence-electron chi connectivity index (χ2n) is 3.93. The van der Waals surface area contributed by atoms with Gasteiger partial charge < -0.3 is 5.73 Å². The van der Waals surface area contributed by atoms with E-state index in [4.69, 9.17) is 5.73 Å². The van der Waals surface area contributed by atoms with Crippen molar-refractivity contribution >= 4 is 11.5 Å². The van der Waals surface area contributed by atoms with Crippen molar-refractivity contribution in [2.24, 2.45) is 0 Å². The third kappa shape index (κ3) is 2.34. The quantitative estimate of drug-likeness (QED) is 0.523. The molecule has 0 bridgehead atoms. The van der Waals surface area contributed by atoms with Gasteiger partial charge in [0.05, 0.1) is 5.56 Å². The second kappa shape index (κ2) is 4.92. The SMILES string of the molecule is Nc1cc(F)c(F)cc1C(=O)c1c(F)cc(F)cc1F. The highest BCUT2D eigenvalue weighted by Crippen LogP contribution is 2.24. The number of carbonyl (C=O) groups excluding carboxylic acids is 1. The van der Waals surface area contributed by atoms with Crippen molar-refractivity contribution in [3.63, 3.8) is 0 Å². The molecule has 0 aliphatic carbocycles. The van der Waals surface area contributed by atoms with Crippen molar-refractivity contribution in [3.8, 4) is 0 Å². The van der Waals surface area contributed by atoms with Crippen LogP contribution in [0.5, 0.6) is 0 Å². The number of ketones is 1. The van der Waals surface area contributed by atoms with E-state index in [1.54, 1.807) is 0 Å². The molecule has 0 aliphatic rings. The molecule has 0 aromatic heterocycles. The van der Waals surface area contributed by atoms with Gasteiger partial charge >= 0.3 is 0 Å². The standard InChI is InChI=1S/C13H6F5NO/c14-5-1-9(17)12(10(18)2-5)13(20)6-3-7(15)8(16)4-11(6)19/h1-4H,19H2. The maximum Gasteiger partial charge on any atom is 0.201 e. The zero-order valence-corrected chi connectivity index (χ0v) is 9.68. The highest BCUT2D eigenvalue weighted by atomic mass is 19.2. The lowest BCUT2D eigenvalue weighted by Gasteiger charge is -2.08. The van der Waals surface area contributed by atoms with Crippen LogP contribution in [0.4, 0.5) is 27.6 Å². The zero-order chi connectivity index (χ0) is 15.0. The van der Waals surface area contributed by atoms with Crippen LogP contribution >= 0.6 is 0 Å². The normalized spacial score (nSPS) is 10.7. The Morgan fingerprint density at radius 1 is 0.800 bits per heavy atom. The number of benzene rings is 2. The van der Waals surface area contributed by atoms with Gasteiger partial charge in [-0.2, -0.15) is 0 Å². The van der Waals surface area contributed by atoms with Crippen molar-refractivity contribution in [3.05, 3.63) is 64.5 Å². The highest BCUT2D eigenvalue weighted by molar-refractivity contribution is 6.12. The maximum absolute atomic E-state index is 13.4.